The summed E-state index contributed by atoms with van der Waals surface area (Å²) in [5, 5.41) is 40.5. The van der Waals surface area contributed by atoms with Gasteiger partial charge >= 0.3 is 0 Å². The summed E-state index contributed by atoms with van der Waals surface area (Å²) in [5.74, 6) is 0.273. The van der Waals surface area contributed by atoms with E-state index in [1.807, 2.05) is 30.3 Å². The first-order chi connectivity index (χ1) is 12.6. The molecule has 0 saturated heterocycles. The highest BCUT2D eigenvalue weighted by Gasteiger charge is 2.18. The van der Waals surface area contributed by atoms with Crippen LogP contribution in [0.15, 0.2) is 59.8 Å². The number of nitrogens with one attached hydrogen (secondary N) is 1. The van der Waals surface area contributed by atoms with Gasteiger partial charge in [0.2, 0.25) is 0 Å². The minimum Gasteiger partial charge on any atom is -0.489 e. The zero-order valence-electron chi connectivity index (χ0n) is 13.3. The Morgan fingerprint density at radius 1 is 1.08 bits per heavy atom. The Bertz CT molecular complexity index is 963. The average Bonchev–Trinajstić information content (AvgIpc) is 2.67. The van der Waals surface area contributed by atoms with Crippen LogP contribution in [-0.2, 0) is 6.61 Å². The van der Waals surface area contributed by atoms with Crippen molar-refractivity contribution in [3.8, 4) is 24.0 Å². The van der Waals surface area contributed by atoms with Crippen molar-refractivity contribution in [2.75, 3.05) is 5.32 Å². The smallest absolute Gasteiger partial charge is 0.296 e. The van der Waals surface area contributed by atoms with E-state index in [4.69, 9.17) is 20.5 Å². The van der Waals surface area contributed by atoms with Gasteiger partial charge in [-0.2, -0.15) is 15.8 Å². The lowest BCUT2D eigenvalue weighted by Crippen LogP contribution is -2.04. The maximum Gasteiger partial charge on any atom is 0.296 e. The first kappa shape index (κ1) is 18.0. The Hall–Kier alpha value is -4.35. The van der Waals surface area contributed by atoms with Crippen LogP contribution in [0.2, 0.25) is 0 Å². The number of anilines is 1. The second kappa shape index (κ2) is 8.49. The molecule has 0 aliphatic heterocycles. The van der Waals surface area contributed by atoms with Crippen LogP contribution in [0.3, 0.4) is 0 Å². The number of rotatable bonds is 6. The number of benzene rings is 2. The maximum atomic E-state index is 11.3. The average molecular weight is 345 g/mol. The van der Waals surface area contributed by atoms with Crippen LogP contribution in [0.4, 0.5) is 11.4 Å². The number of nitro groups is 1. The van der Waals surface area contributed by atoms with Gasteiger partial charge in [0.05, 0.1) is 11.0 Å². The minimum absolute atomic E-state index is 0.0263. The molecule has 0 aliphatic carbocycles. The molecule has 0 radical (unpaired) electrons. The number of nitriles is 3. The van der Waals surface area contributed by atoms with Gasteiger partial charge in [0.25, 0.3) is 5.69 Å². The molecule has 2 rings (SSSR count). The van der Waals surface area contributed by atoms with Gasteiger partial charge in [0.15, 0.2) is 5.57 Å². The van der Waals surface area contributed by atoms with E-state index in [1.165, 1.54) is 18.2 Å². The van der Waals surface area contributed by atoms with Crippen LogP contribution < -0.4 is 10.1 Å². The summed E-state index contributed by atoms with van der Waals surface area (Å²) in [5.41, 5.74) is -0.304. The molecule has 126 valence electrons. The molecule has 0 saturated carbocycles. The number of allylic oxidation sites excluding steroid dienone is 2. The predicted molar refractivity (Wildman–Crippen MR) is 91.4 cm³/mol. The minimum atomic E-state index is -0.648. The lowest BCUT2D eigenvalue weighted by atomic mass is 10.2. The number of hydrogen-bond acceptors (Lipinski definition) is 7. The summed E-state index contributed by atoms with van der Waals surface area (Å²) in [6.45, 7) is 0.237. The quantitative estimate of drug-likeness (QED) is 0.481. The summed E-state index contributed by atoms with van der Waals surface area (Å²) in [7, 11) is 0. The van der Waals surface area contributed by atoms with E-state index < -0.39 is 10.5 Å². The lowest BCUT2D eigenvalue weighted by molar-refractivity contribution is -0.384. The Balaban J connectivity index is 2.28. The van der Waals surface area contributed by atoms with Gasteiger partial charge in [-0.05, 0) is 17.7 Å². The first-order valence-corrected chi connectivity index (χ1v) is 7.25. The standard InChI is InChI=1S/C18H11N5O3/c19-9-14(10-20)17(11-21)22-16-7-6-15(8-18(16)23(24)25)26-12-13-4-2-1-3-5-13/h1-8,22H,12H2. The van der Waals surface area contributed by atoms with Crippen LogP contribution in [-0.4, -0.2) is 4.92 Å². The third-order valence-electron chi connectivity index (χ3n) is 3.26. The maximum absolute atomic E-state index is 11.3. The predicted octanol–water partition coefficient (Wildman–Crippen LogP) is 3.41. The summed E-state index contributed by atoms with van der Waals surface area (Å²) < 4.78 is 5.55. The molecule has 0 spiro atoms. The lowest BCUT2D eigenvalue weighted by Gasteiger charge is -2.09. The van der Waals surface area contributed by atoms with Gasteiger partial charge < -0.3 is 10.1 Å². The second-order valence-electron chi connectivity index (χ2n) is 4.92. The van der Waals surface area contributed by atoms with E-state index in [-0.39, 0.29) is 29.4 Å². The van der Waals surface area contributed by atoms with Crippen molar-refractivity contribution in [1.29, 1.82) is 15.8 Å². The number of hydrogen-bond donors (Lipinski definition) is 1. The number of nitrogens with zero attached hydrogens (tertiary/aromatic N) is 4. The fourth-order valence-corrected chi connectivity index (χ4v) is 2.02. The van der Waals surface area contributed by atoms with Gasteiger partial charge in [0.1, 0.15) is 41.9 Å². The van der Waals surface area contributed by atoms with E-state index in [2.05, 4.69) is 5.32 Å². The van der Waals surface area contributed by atoms with Gasteiger partial charge in [-0.25, -0.2) is 0 Å². The molecule has 0 amide bonds. The Morgan fingerprint density at radius 3 is 2.35 bits per heavy atom. The van der Waals surface area contributed by atoms with E-state index in [0.717, 1.165) is 5.56 Å². The van der Waals surface area contributed by atoms with Crippen LogP contribution in [0.5, 0.6) is 5.75 Å². The van der Waals surface area contributed by atoms with Crippen LogP contribution in [0.1, 0.15) is 5.56 Å². The van der Waals surface area contributed by atoms with E-state index >= 15 is 0 Å². The molecule has 0 atom stereocenters. The van der Waals surface area contributed by atoms with Crippen molar-refractivity contribution in [1.82, 2.24) is 0 Å². The third kappa shape index (κ3) is 4.35. The van der Waals surface area contributed by atoms with Crippen molar-refractivity contribution in [3.05, 3.63) is 75.5 Å². The molecule has 2 aromatic carbocycles. The van der Waals surface area contributed by atoms with Gasteiger partial charge in [-0.1, -0.05) is 30.3 Å². The number of ether oxygens (including phenoxy) is 1. The van der Waals surface area contributed by atoms with E-state index in [0.29, 0.717) is 0 Å². The summed E-state index contributed by atoms with van der Waals surface area (Å²) in [6, 6.07) is 18.1. The zero-order chi connectivity index (χ0) is 18.9. The van der Waals surface area contributed by atoms with Crippen LogP contribution in [0, 0.1) is 44.1 Å². The second-order valence-corrected chi connectivity index (χ2v) is 4.92. The molecule has 2 aromatic rings. The molecule has 8 nitrogen and oxygen atoms in total. The Morgan fingerprint density at radius 2 is 1.77 bits per heavy atom. The fourth-order valence-electron chi connectivity index (χ4n) is 2.02. The van der Waals surface area contributed by atoms with Gasteiger partial charge in [0, 0.05) is 0 Å². The molecule has 26 heavy (non-hydrogen) atoms. The molecule has 0 bridgehead atoms. The third-order valence-corrected chi connectivity index (χ3v) is 3.26. The fraction of sp³-hybridized carbons (Fsp3) is 0.0556. The molecule has 0 heterocycles. The molecule has 0 aliphatic rings. The highest BCUT2D eigenvalue weighted by atomic mass is 16.6. The van der Waals surface area contributed by atoms with Crippen molar-refractivity contribution in [3.63, 3.8) is 0 Å². The van der Waals surface area contributed by atoms with Crippen molar-refractivity contribution in [2.24, 2.45) is 0 Å². The highest BCUT2D eigenvalue weighted by Crippen LogP contribution is 2.30. The Kier molecular flexibility index (Phi) is 5.87. The van der Waals surface area contributed by atoms with E-state index in [1.54, 1.807) is 18.2 Å². The molecule has 1 N–H and O–H groups in total. The number of nitro benzene ring substituents is 1. The zero-order valence-corrected chi connectivity index (χ0v) is 13.3. The summed E-state index contributed by atoms with van der Waals surface area (Å²) in [6.07, 6.45) is 0. The van der Waals surface area contributed by atoms with Crippen molar-refractivity contribution in [2.45, 2.75) is 6.61 Å². The van der Waals surface area contributed by atoms with E-state index in [9.17, 15) is 10.1 Å². The normalized spacial score (nSPS) is 9.12. The van der Waals surface area contributed by atoms with Crippen molar-refractivity contribution >= 4 is 11.4 Å². The molecule has 0 fully saturated rings. The van der Waals surface area contributed by atoms with Gasteiger partial charge in [-0.3, -0.25) is 10.1 Å². The SMILES string of the molecule is N#CC(C#N)=C(C#N)Nc1ccc(OCc2ccccc2)cc1[N+](=O)[O-]. The monoisotopic (exact) mass is 345 g/mol. The van der Waals surface area contributed by atoms with Gasteiger partial charge in [-0.15, -0.1) is 0 Å². The summed E-state index contributed by atoms with van der Waals surface area (Å²) in [4.78, 5) is 10.7. The topological polar surface area (TPSA) is 136 Å². The Labute approximate surface area is 148 Å². The van der Waals surface area contributed by atoms with Crippen molar-refractivity contribution < 1.29 is 9.66 Å². The first-order valence-electron chi connectivity index (χ1n) is 7.25. The molecule has 0 aromatic heterocycles. The van der Waals surface area contributed by atoms with Crippen LogP contribution >= 0.6 is 0 Å². The largest absolute Gasteiger partial charge is 0.489 e. The van der Waals surface area contributed by atoms with Crippen LogP contribution in [0.25, 0.3) is 0 Å². The molecular formula is C18H11N5O3. The molecular weight excluding hydrogens is 334 g/mol. The summed E-state index contributed by atoms with van der Waals surface area (Å²) >= 11 is 0. The molecule has 0 unspecified atom stereocenters. The molecule has 8 heteroatoms. The highest BCUT2D eigenvalue weighted by molar-refractivity contribution is 5.69.